The van der Waals surface area contributed by atoms with Gasteiger partial charge in [0, 0.05) is 6.04 Å². The van der Waals surface area contributed by atoms with Crippen LogP contribution < -0.4 is 5.32 Å². The molecule has 5 heteroatoms. The van der Waals surface area contributed by atoms with E-state index in [2.05, 4.69) is 15.5 Å². The van der Waals surface area contributed by atoms with Crippen LogP contribution in [-0.2, 0) is 4.74 Å². The van der Waals surface area contributed by atoms with Gasteiger partial charge in [-0.05, 0) is 45.7 Å². The molecule has 0 atom stereocenters. The van der Waals surface area contributed by atoms with Gasteiger partial charge in [0.1, 0.15) is 11.4 Å². The number of carbonyl (C=O) groups is 1. The zero-order chi connectivity index (χ0) is 12.5. The van der Waals surface area contributed by atoms with Gasteiger partial charge in [-0.15, -0.1) is 10.2 Å². The van der Waals surface area contributed by atoms with Crippen molar-refractivity contribution < 1.29 is 9.53 Å². The molecule has 0 bridgehead atoms. The molecule has 0 unspecified atom stereocenters. The highest BCUT2D eigenvalue weighted by Crippen LogP contribution is 2.23. The van der Waals surface area contributed by atoms with Crippen LogP contribution in [0.2, 0.25) is 0 Å². The largest absolute Gasteiger partial charge is 0.455 e. The highest BCUT2D eigenvalue weighted by molar-refractivity contribution is 5.87. The number of carbonyl (C=O) groups excluding carboxylic acids is 1. The normalized spacial score (nSPS) is 15.5. The van der Waals surface area contributed by atoms with Crippen LogP contribution in [0.15, 0.2) is 12.1 Å². The number of rotatable bonds is 3. The summed E-state index contributed by atoms with van der Waals surface area (Å²) in [6.07, 6.45) is 2.35. The molecule has 1 aliphatic rings. The van der Waals surface area contributed by atoms with Crippen LogP contribution in [0.5, 0.6) is 0 Å². The second-order valence-electron chi connectivity index (χ2n) is 5.22. The SMILES string of the molecule is CC(C)(C)OC(=O)c1ccc(NC2CC2)nn1. The van der Waals surface area contributed by atoms with Crippen LogP contribution in [-0.4, -0.2) is 27.8 Å². The van der Waals surface area contributed by atoms with E-state index in [4.69, 9.17) is 4.74 Å². The fourth-order valence-electron chi connectivity index (χ4n) is 1.29. The Balaban J connectivity index is 1.98. The van der Waals surface area contributed by atoms with E-state index in [0.717, 1.165) is 0 Å². The minimum absolute atomic E-state index is 0.237. The van der Waals surface area contributed by atoms with Gasteiger partial charge in [-0.3, -0.25) is 0 Å². The van der Waals surface area contributed by atoms with Gasteiger partial charge in [-0.2, -0.15) is 0 Å². The molecular formula is C12H17N3O2. The maximum absolute atomic E-state index is 11.7. The van der Waals surface area contributed by atoms with Gasteiger partial charge in [0.15, 0.2) is 5.69 Å². The van der Waals surface area contributed by atoms with Crippen LogP contribution in [0.25, 0.3) is 0 Å². The summed E-state index contributed by atoms with van der Waals surface area (Å²) in [5.74, 6) is 0.266. The quantitative estimate of drug-likeness (QED) is 0.812. The van der Waals surface area contributed by atoms with Crippen molar-refractivity contribution in [1.29, 1.82) is 0 Å². The van der Waals surface area contributed by atoms with Gasteiger partial charge in [-0.25, -0.2) is 4.79 Å². The Labute approximate surface area is 101 Å². The lowest BCUT2D eigenvalue weighted by molar-refractivity contribution is 0.00617. The van der Waals surface area contributed by atoms with Crippen LogP contribution in [0.1, 0.15) is 44.1 Å². The summed E-state index contributed by atoms with van der Waals surface area (Å²) in [5, 5.41) is 11.0. The Kier molecular flexibility index (Phi) is 3.00. The summed E-state index contributed by atoms with van der Waals surface area (Å²) in [5.41, 5.74) is -0.273. The predicted molar refractivity (Wildman–Crippen MR) is 63.8 cm³/mol. The van der Waals surface area contributed by atoms with Gasteiger partial charge < -0.3 is 10.1 Å². The second kappa shape index (κ2) is 4.31. The lowest BCUT2D eigenvalue weighted by Gasteiger charge is -2.18. The molecule has 1 saturated carbocycles. The molecule has 0 radical (unpaired) electrons. The number of ether oxygens (including phenoxy) is 1. The molecule has 92 valence electrons. The number of anilines is 1. The predicted octanol–water partition coefficient (Wildman–Crippen LogP) is 2.01. The number of nitrogens with zero attached hydrogens (tertiary/aromatic N) is 2. The number of nitrogens with one attached hydrogen (secondary N) is 1. The second-order valence-corrected chi connectivity index (χ2v) is 5.22. The average molecular weight is 235 g/mol. The van der Waals surface area contributed by atoms with E-state index < -0.39 is 11.6 Å². The molecule has 0 amide bonds. The van der Waals surface area contributed by atoms with Crippen LogP contribution in [0, 0.1) is 0 Å². The lowest BCUT2D eigenvalue weighted by atomic mass is 10.2. The molecule has 1 aromatic rings. The van der Waals surface area contributed by atoms with Crippen molar-refractivity contribution in [2.45, 2.75) is 45.3 Å². The van der Waals surface area contributed by atoms with Gasteiger partial charge in [0.05, 0.1) is 0 Å². The van der Waals surface area contributed by atoms with E-state index in [1.807, 2.05) is 20.8 Å². The molecule has 0 aromatic carbocycles. The molecule has 1 heterocycles. The van der Waals surface area contributed by atoms with Crippen molar-refractivity contribution in [3.8, 4) is 0 Å². The molecule has 1 aromatic heterocycles. The fraction of sp³-hybridized carbons (Fsp3) is 0.583. The maximum Gasteiger partial charge on any atom is 0.359 e. The zero-order valence-electron chi connectivity index (χ0n) is 10.4. The number of aromatic nitrogens is 2. The molecule has 1 aliphatic carbocycles. The van der Waals surface area contributed by atoms with Crippen molar-refractivity contribution in [1.82, 2.24) is 10.2 Å². The standard InChI is InChI=1S/C12H17N3O2/c1-12(2,3)17-11(16)9-6-7-10(15-14-9)13-8-4-5-8/h6-8H,4-5H2,1-3H3,(H,13,15). The van der Waals surface area contributed by atoms with Crippen LogP contribution in [0.3, 0.4) is 0 Å². The molecule has 0 saturated heterocycles. The third-order valence-electron chi connectivity index (χ3n) is 2.20. The molecule has 0 aliphatic heterocycles. The average Bonchev–Trinajstić information content (AvgIpc) is 3.00. The van der Waals surface area contributed by atoms with Crippen LogP contribution >= 0.6 is 0 Å². The summed E-state index contributed by atoms with van der Waals surface area (Å²) in [6, 6.07) is 3.91. The Morgan fingerprint density at radius 1 is 1.35 bits per heavy atom. The first-order valence-corrected chi connectivity index (χ1v) is 5.78. The fourth-order valence-corrected chi connectivity index (χ4v) is 1.29. The third kappa shape index (κ3) is 3.69. The first-order chi connectivity index (χ1) is 7.94. The van der Waals surface area contributed by atoms with E-state index in [9.17, 15) is 4.79 Å². The smallest absolute Gasteiger partial charge is 0.359 e. The van der Waals surface area contributed by atoms with Gasteiger partial charge >= 0.3 is 5.97 Å². The zero-order valence-corrected chi connectivity index (χ0v) is 10.4. The molecule has 1 N–H and O–H groups in total. The summed E-state index contributed by atoms with van der Waals surface area (Å²) in [4.78, 5) is 11.7. The molecule has 2 rings (SSSR count). The van der Waals surface area contributed by atoms with Gasteiger partial charge in [-0.1, -0.05) is 0 Å². The van der Waals surface area contributed by atoms with Crippen molar-refractivity contribution in [3.05, 3.63) is 17.8 Å². The monoisotopic (exact) mass is 235 g/mol. The summed E-state index contributed by atoms with van der Waals surface area (Å²) < 4.78 is 5.20. The van der Waals surface area contributed by atoms with E-state index >= 15 is 0 Å². The minimum atomic E-state index is -0.510. The van der Waals surface area contributed by atoms with E-state index in [0.29, 0.717) is 11.9 Å². The summed E-state index contributed by atoms with van der Waals surface area (Å²) in [7, 11) is 0. The highest BCUT2D eigenvalue weighted by Gasteiger charge is 2.22. The number of esters is 1. The lowest BCUT2D eigenvalue weighted by Crippen LogP contribution is -2.24. The molecular weight excluding hydrogens is 218 g/mol. The molecule has 17 heavy (non-hydrogen) atoms. The highest BCUT2D eigenvalue weighted by atomic mass is 16.6. The Morgan fingerprint density at radius 3 is 2.53 bits per heavy atom. The summed E-state index contributed by atoms with van der Waals surface area (Å²) >= 11 is 0. The Bertz CT molecular complexity index is 405. The topological polar surface area (TPSA) is 64.1 Å². The van der Waals surface area contributed by atoms with Crippen molar-refractivity contribution >= 4 is 11.8 Å². The molecule has 1 fully saturated rings. The van der Waals surface area contributed by atoms with Crippen molar-refractivity contribution in [2.75, 3.05) is 5.32 Å². The van der Waals surface area contributed by atoms with Crippen molar-refractivity contribution in [2.24, 2.45) is 0 Å². The van der Waals surface area contributed by atoms with E-state index in [1.54, 1.807) is 12.1 Å². The van der Waals surface area contributed by atoms with E-state index in [1.165, 1.54) is 12.8 Å². The minimum Gasteiger partial charge on any atom is -0.455 e. The number of hydrogen-bond donors (Lipinski definition) is 1. The van der Waals surface area contributed by atoms with Crippen LogP contribution in [0.4, 0.5) is 5.82 Å². The maximum atomic E-state index is 11.7. The molecule has 5 nitrogen and oxygen atoms in total. The Hall–Kier alpha value is -1.65. The summed E-state index contributed by atoms with van der Waals surface area (Å²) in [6.45, 7) is 5.46. The first kappa shape index (κ1) is 11.8. The first-order valence-electron chi connectivity index (χ1n) is 5.78. The Morgan fingerprint density at radius 2 is 2.06 bits per heavy atom. The van der Waals surface area contributed by atoms with Gasteiger partial charge in [0.25, 0.3) is 0 Å². The van der Waals surface area contributed by atoms with Gasteiger partial charge in [0.2, 0.25) is 0 Å². The van der Waals surface area contributed by atoms with Crippen molar-refractivity contribution in [3.63, 3.8) is 0 Å². The molecule has 0 spiro atoms. The third-order valence-corrected chi connectivity index (χ3v) is 2.20. The number of hydrogen-bond acceptors (Lipinski definition) is 5. The van der Waals surface area contributed by atoms with E-state index in [-0.39, 0.29) is 5.69 Å².